The number of benzene rings is 2. The highest BCUT2D eigenvalue weighted by molar-refractivity contribution is 6.31. The number of hydrogen-bond donors (Lipinski definition) is 0. The first kappa shape index (κ1) is 15.5. The van der Waals surface area contributed by atoms with E-state index in [1.54, 1.807) is 12.1 Å². The Morgan fingerprint density at radius 3 is 2.04 bits per heavy atom. The topological polar surface area (TPSA) is 57.1 Å². The zero-order chi connectivity index (χ0) is 16.1. The van der Waals surface area contributed by atoms with Gasteiger partial charge in [-0.1, -0.05) is 42.5 Å². The molecule has 0 aliphatic rings. The molecule has 23 heavy (non-hydrogen) atoms. The number of hydrogen-bond acceptors (Lipinski definition) is 5. The monoisotopic (exact) mass is 347 g/mol. The normalized spacial score (nSPS) is 10.3. The van der Waals surface area contributed by atoms with E-state index in [0.717, 1.165) is 5.56 Å². The fraction of sp³-hybridized carbons (Fsp3) is 0.0625. The fourth-order valence-electron chi connectivity index (χ4n) is 1.84. The summed E-state index contributed by atoms with van der Waals surface area (Å²) in [6.45, 7) is 0.417. The summed E-state index contributed by atoms with van der Waals surface area (Å²) < 4.78 is 11.4. The van der Waals surface area contributed by atoms with Crippen molar-refractivity contribution in [3.63, 3.8) is 0 Å². The maximum atomic E-state index is 5.79. The van der Waals surface area contributed by atoms with Crippen molar-refractivity contribution in [2.45, 2.75) is 6.61 Å². The number of nitrogens with zero attached hydrogens (tertiary/aromatic N) is 3. The van der Waals surface area contributed by atoms with Gasteiger partial charge in [-0.3, -0.25) is 0 Å². The number of para-hydroxylation sites is 2. The average Bonchev–Trinajstić information content (AvgIpc) is 2.54. The van der Waals surface area contributed by atoms with Gasteiger partial charge in [-0.25, -0.2) is 0 Å². The fourth-order valence-corrected chi connectivity index (χ4v) is 2.19. The van der Waals surface area contributed by atoms with Crippen molar-refractivity contribution in [1.82, 2.24) is 15.0 Å². The molecule has 1 aromatic heterocycles. The largest absolute Gasteiger partial charge is 0.485 e. The molecule has 3 rings (SSSR count). The van der Waals surface area contributed by atoms with E-state index in [2.05, 4.69) is 15.0 Å². The molecule has 0 bridgehead atoms. The Morgan fingerprint density at radius 1 is 0.739 bits per heavy atom. The van der Waals surface area contributed by atoms with E-state index >= 15 is 0 Å². The summed E-state index contributed by atoms with van der Waals surface area (Å²) in [5.41, 5.74) is 1.05. The van der Waals surface area contributed by atoms with Gasteiger partial charge in [0.15, 0.2) is 11.5 Å². The maximum absolute atomic E-state index is 5.79. The van der Waals surface area contributed by atoms with Crippen LogP contribution < -0.4 is 9.47 Å². The average molecular weight is 348 g/mol. The highest BCUT2D eigenvalue weighted by Gasteiger charge is 2.10. The number of ether oxygens (including phenoxy) is 2. The predicted octanol–water partition coefficient (Wildman–Crippen LogP) is 4.55. The standard InChI is InChI=1S/C16H11Cl2N3O2/c17-14-19-15(18)21-16(20-14)23-13-9-5-4-8-12(13)22-10-11-6-2-1-3-7-11/h1-9H,10H2. The van der Waals surface area contributed by atoms with E-state index < -0.39 is 0 Å². The Kier molecular flexibility index (Phi) is 4.90. The minimum absolute atomic E-state index is 0.00533. The van der Waals surface area contributed by atoms with Crippen LogP contribution in [0.5, 0.6) is 17.5 Å². The van der Waals surface area contributed by atoms with E-state index in [4.69, 9.17) is 32.7 Å². The van der Waals surface area contributed by atoms with E-state index in [0.29, 0.717) is 18.1 Å². The third kappa shape index (κ3) is 4.31. The molecule has 7 heteroatoms. The molecule has 3 aromatic rings. The van der Waals surface area contributed by atoms with Crippen molar-refractivity contribution in [3.05, 3.63) is 70.7 Å². The third-order valence-electron chi connectivity index (χ3n) is 2.85. The summed E-state index contributed by atoms with van der Waals surface area (Å²) in [5.74, 6) is 1.02. The van der Waals surface area contributed by atoms with Gasteiger partial charge in [0, 0.05) is 0 Å². The second-order valence-electron chi connectivity index (χ2n) is 4.48. The van der Waals surface area contributed by atoms with Crippen LogP contribution in [0.1, 0.15) is 5.56 Å². The van der Waals surface area contributed by atoms with Crippen molar-refractivity contribution < 1.29 is 9.47 Å². The zero-order valence-electron chi connectivity index (χ0n) is 11.8. The molecular weight excluding hydrogens is 337 g/mol. The summed E-state index contributed by atoms with van der Waals surface area (Å²) in [5, 5.41) is -0.0784. The first-order valence-electron chi connectivity index (χ1n) is 6.71. The van der Waals surface area contributed by atoms with Gasteiger partial charge < -0.3 is 9.47 Å². The second kappa shape index (κ2) is 7.26. The van der Waals surface area contributed by atoms with Crippen LogP contribution in [-0.2, 0) is 6.61 Å². The molecule has 2 aromatic carbocycles. The van der Waals surface area contributed by atoms with Gasteiger partial charge in [0.25, 0.3) is 0 Å². The van der Waals surface area contributed by atoms with E-state index in [-0.39, 0.29) is 16.6 Å². The van der Waals surface area contributed by atoms with Crippen LogP contribution in [-0.4, -0.2) is 15.0 Å². The molecule has 0 aliphatic heterocycles. The molecule has 0 amide bonds. The summed E-state index contributed by atoms with van der Waals surface area (Å²) >= 11 is 11.5. The van der Waals surface area contributed by atoms with Gasteiger partial charge in [-0.15, -0.1) is 0 Å². The lowest BCUT2D eigenvalue weighted by Gasteiger charge is -2.11. The van der Waals surface area contributed by atoms with Crippen LogP contribution in [0.25, 0.3) is 0 Å². The Labute approximate surface area is 142 Å². The van der Waals surface area contributed by atoms with Crippen LogP contribution in [0.15, 0.2) is 54.6 Å². The molecule has 116 valence electrons. The highest BCUT2D eigenvalue weighted by Crippen LogP contribution is 2.30. The van der Waals surface area contributed by atoms with Gasteiger partial charge >= 0.3 is 6.01 Å². The molecule has 0 radical (unpaired) electrons. The lowest BCUT2D eigenvalue weighted by molar-refractivity contribution is 0.288. The molecule has 0 N–H and O–H groups in total. The predicted molar refractivity (Wildman–Crippen MR) is 87.1 cm³/mol. The van der Waals surface area contributed by atoms with Crippen LogP contribution in [0.2, 0.25) is 10.6 Å². The number of aromatic nitrogens is 3. The van der Waals surface area contributed by atoms with Crippen molar-refractivity contribution in [1.29, 1.82) is 0 Å². The second-order valence-corrected chi connectivity index (χ2v) is 5.16. The summed E-state index contributed by atoms with van der Waals surface area (Å²) in [6, 6.07) is 17.0. The lowest BCUT2D eigenvalue weighted by atomic mass is 10.2. The maximum Gasteiger partial charge on any atom is 0.327 e. The minimum atomic E-state index is -0.0392. The first-order chi connectivity index (χ1) is 11.2. The Morgan fingerprint density at radius 2 is 1.35 bits per heavy atom. The number of rotatable bonds is 5. The van der Waals surface area contributed by atoms with Gasteiger partial charge in [-0.05, 0) is 40.9 Å². The summed E-state index contributed by atoms with van der Waals surface area (Å²) in [6.07, 6.45) is 0. The molecule has 5 nitrogen and oxygen atoms in total. The van der Waals surface area contributed by atoms with E-state index in [1.807, 2.05) is 42.5 Å². The van der Waals surface area contributed by atoms with Crippen LogP contribution in [0, 0.1) is 0 Å². The first-order valence-corrected chi connectivity index (χ1v) is 7.47. The van der Waals surface area contributed by atoms with Gasteiger partial charge in [0.05, 0.1) is 0 Å². The van der Waals surface area contributed by atoms with Crippen molar-refractivity contribution in [2.24, 2.45) is 0 Å². The smallest absolute Gasteiger partial charge is 0.327 e. The molecule has 0 saturated heterocycles. The van der Waals surface area contributed by atoms with Crippen molar-refractivity contribution in [2.75, 3.05) is 0 Å². The van der Waals surface area contributed by atoms with Gasteiger partial charge in [0.1, 0.15) is 6.61 Å². The Balaban J connectivity index is 1.77. The van der Waals surface area contributed by atoms with Crippen molar-refractivity contribution in [3.8, 4) is 17.5 Å². The quantitative estimate of drug-likeness (QED) is 0.677. The Bertz CT molecular complexity index is 780. The van der Waals surface area contributed by atoms with Gasteiger partial charge in [0.2, 0.25) is 10.6 Å². The lowest BCUT2D eigenvalue weighted by Crippen LogP contribution is -1.99. The molecule has 0 saturated carbocycles. The SMILES string of the molecule is Clc1nc(Cl)nc(Oc2ccccc2OCc2ccccc2)n1. The van der Waals surface area contributed by atoms with Crippen LogP contribution >= 0.6 is 23.2 Å². The molecule has 1 heterocycles. The number of halogens is 2. The van der Waals surface area contributed by atoms with Gasteiger partial charge in [-0.2, -0.15) is 15.0 Å². The molecular formula is C16H11Cl2N3O2. The van der Waals surface area contributed by atoms with Crippen LogP contribution in [0.3, 0.4) is 0 Å². The van der Waals surface area contributed by atoms with Crippen molar-refractivity contribution >= 4 is 23.2 Å². The molecule has 0 spiro atoms. The van der Waals surface area contributed by atoms with E-state index in [9.17, 15) is 0 Å². The highest BCUT2D eigenvalue weighted by atomic mass is 35.5. The summed E-state index contributed by atoms with van der Waals surface area (Å²) in [7, 11) is 0. The molecule has 0 unspecified atom stereocenters. The third-order valence-corrected chi connectivity index (χ3v) is 3.19. The molecule has 0 atom stereocenters. The van der Waals surface area contributed by atoms with Crippen LogP contribution in [0.4, 0.5) is 0 Å². The van der Waals surface area contributed by atoms with E-state index in [1.165, 1.54) is 0 Å². The minimum Gasteiger partial charge on any atom is -0.485 e. The zero-order valence-corrected chi connectivity index (χ0v) is 13.3. The summed E-state index contributed by atoms with van der Waals surface area (Å²) in [4.78, 5) is 11.4. The molecule has 0 aliphatic carbocycles. The molecule has 0 fully saturated rings. The Hall–Kier alpha value is -2.37.